The van der Waals surface area contributed by atoms with Gasteiger partial charge in [-0.1, -0.05) is 5.16 Å². The Morgan fingerprint density at radius 3 is 2.95 bits per heavy atom. The third-order valence-corrected chi connectivity index (χ3v) is 3.47. The van der Waals surface area contributed by atoms with Crippen LogP contribution in [-0.2, 0) is 4.74 Å². The first kappa shape index (κ1) is 14.5. The molecule has 2 aromatic heterocycles. The summed E-state index contributed by atoms with van der Waals surface area (Å²) in [6.07, 6.45) is 2.91. The second kappa shape index (κ2) is 6.10. The van der Waals surface area contributed by atoms with Crippen LogP contribution in [0.3, 0.4) is 0 Å². The van der Waals surface area contributed by atoms with Gasteiger partial charge in [0, 0.05) is 32.1 Å². The number of nitrogens with zero attached hydrogens (tertiary/aromatic N) is 4. The average molecular weight is 303 g/mol. The number of aryl methyl sites for hydroxylation is 1. The van der Waals surface area contributed by atoms with E-state index >= 15 is 0 Å². The molecule has 1 aliphatic rings. The zero-order valence-electron chi connectivity index (χ0n) is 12.4. The number of hydrogen-bond donors (Lipinski definition) is 1. The lowest BCUT2D eigenvalue weighted by atomic mass is 10.2. The summed E-state index contributed by atoms with van der Waals surface area (Å²) >= 11 is 0. The molecule has 1 unspecified atom stereocenters. The van der Waals surface area contributed by atoms with Gasteiger partial charge in [-0.15, -0.1) is 0 Å². The maximum Gasteiger partial charge on any atom is 0.276 e. The lowest BCUT2D eigenvalue weighted by molar-refractivity contribution is -0.0248. The van der Waals surface area contributed by atoms with Crippen molar-refractivity contribution in [3.8, 4) is 0 Å². The molecule has 1 saturated heterocycles. The summed E-state index contributed by atoms with van der Waals surface area (Å²) in [5.41, 5.74) is 1.00. The molecule has 3 heterocycles. The number of nitrogens with one attached hydrogen (secondary N) is 1. The summed E-state index contributed by atoms with van der Waals surface area (Å²) in [4.78, 5) is 22.7. The van der Waals surface area contributed by atoms with E-state index < -0.39 is 0 Å². The van der Waals surface area contributed by atoms with Crippen molar-refractivity contribution in [1.29, 1.82) is 0 Å². The summed E-state index contributed by atoms with van der Waals surface area (Å²) in [7, 11) is 1.78. The Balaban J connectivity index is 1.78. The Morgan fingerprint density at radius 2 is 2.23 bits per heavy atom. The van der Waals surface area contributed by atoms with Crippen LogP contribution in [0.2, 0.25) is 0 Å². The Kier molecular flexibility index (Phi) is 4.01. The summed E-state index contributed by atoms with van der Waals surface area (Å²) in [6, 6.07) is 1.63. The number of hydrogen-bond acceptors (Lipinski definition) is 7. The molecule has 1 aliphatic heterocycles. The smallest absolute Gasteiger partial charge is 0.276 e. The van der Waals surface area contributed by atoms with Gasteiger partial charge in [0.15, 0.2) is 5.69 Å². The molecule has 0 bridgehead atoms. The van der Waals surface area contributed by atoms with Crippen molar-refractivity contribution in [2.45, 2.75) is 13.0 Å². The van der Waals surface area contributed by atoms with E-state index in [-0.39, 0.29) is 12.0 Å². The molecule has 22 heavy (non-hydrogen) atoms. The SMILES string of the molecule is CNc1nccnc1C1CN(C(=O)c2cc(C)on2)CCO1. The van der Waals surface area contributed by atoms with Crippen molar-refractivity contribution in [3.05, 3.63) is 35.6 Å². The van der Waals surface area contributed by atoms with Gasteiger partial charge < -0.3 is 19.5 Å². The second-order valence-corrected chi connectivity index (χ2v) is 4.97. The fourth-order valence-corrected chi connectivity index (χ4v) is 2.41. The van der Waals surface area contributed by atoms with Crippen LogP contribution in [-0.4, -0.2) is 52.7 Å². The van der Waals surface area contributed by atoms with Gasteiger partial charge in [-0.3, -0.25) is 9.78 Å². The predicted octanol–water partition coefficient (Wildman–Crippen LogP) is 1.03. The van der Waals surface area contributed by atoms with Crippen LogP contribution in [0.4, 0.5) is 5.82 Å². The first-order chi connectivity index (χ1) is 10.7. The molecule has 8 nitrogen and oxygen atoms in total. The molecule has 0 spiro atoms. The standard InChI is InChI=1S/C14H17N5O3/c1-9-7-10(18-22-9)14(20)19-5-6-21-11(8-19)12-13(15-2)17-4-3-16-12/h3-4,7,11H,5-6,8H2,1-2H3,(H,15,17). The van der Waals surface area contributed by atoms with Crippen LogP contribution in [0.25, 0.3) is 0 Å². The average Bonchev–Trinajstić information content (AvgIpc) is 3.00. The van der Waals surface area contributed by atoms with Crippen molar-refractivity contribution in [1.82, 2.24) is 20.0 Å². The molecule has 2 aromatic rings. The molecule has 0 aromatic carbocycles. The molecule has 1 amide bonds. The number of carbonyl (C=O) groups is 1. The van der Waals surface area contributed by atoms with Gasteiger partial charge in [-0.2, -0.15) is 0 Å². The molecule has 8 heteroatoms. The van der Waals surface area contributed by atoms with Crippen molar-refractivity contribution >= 4 is 11.7 Å². The number of anilines is 1. The number of ether oxygens (including phenoxy) is 1. The normalized spacial score (nSPS) is 18.3. The second-order valence-electron chi connectivity index (χ2n) is 4.97. The van der Waals surface area contributed by atoms with Crippen LogP contribution < -0.4 is 5.32 Å². The van der Waals surface area contributed by atoms with Crippen LogP contribution >= 0.6 is 0 Å². The minimum atomic E-state index is -0.318. The molecule has 0 aliphatic carbocycles. The fourth-order valence-electron chi connectivity index (χ4n) is 2.41. The van der Waals surface area contributed by atoms with Crippen LogP contribution in [0, 0.1) is 6.92 Å². The maximum atomic E-state index is 12.4. The van der Waals surface area contributed by atoms with Crippen LogP contribution in [0.1, 0.15) is 28.0 Å². The molecule has 0 radical (unpaired) electrons. The highest BCUT2D eigenvalue weighted by Gasteiger charge is 2.29. The van der Waals surface area contributed by atoms with E-state index in [1.165, 1.54) is 0 Å². The highest BCUT2D eigenvalue weighted by Crippen LogP contribution is 2.25. The molecule has 116 valence electrons. The first-order valence-electron chi connectivity index (χ1n) is 7.02. The Morgan fingerprint density at radius 1 is 1.41 bits per heavy atom. The van der Waals surface area contributed by atoms with Crippen molar-refractivity contribution in [3.63, 3.8) is 0 Å². The van der Waals surface area contributed by atoms with Gasteiger partial charge in [-0.05, 0) is 6.92 Å². The Labute approximate surface area is 127 Å². The van der Waals surface area contributed by atoms with Gasteiger partial charge in [0.25, 0.3) is 5.91 Å². The van der Waals surface area contributed by atoms with E-state index in [0.29, 0.717) is 42.7 Å². The Hall–Kier alpha value is -2.48. The highest BCUT2D eigenvalue weighted by atomic mass is 16.5. The number of carbonyl (C=O) groups excluding carboxylic acids is 1. The van der Waals surface area contributed by atoms with Gasteiger partial charge in [0.05, 0.1) is 13.2 Å². The van der Waals surface area contributed by atoms with E-state index in [2.05, 4.69) is 20.4 Å². The van der Waals surface area contributed by atoms with Gasteiger partial charge in [0.1, 0.15) is 23.4 Å². The fraction of sp³-hybridized carbons (Fsp3) is 0.429. The minimum Gasteiger partial charge on any atom is -0.372 e. The van der Waals surface area contributed by atoms with Crippen LogP contribution in [0.5, 0.6) is 0 Å². The van der Waals surface area contributed by atoms with E-state index in [9.17, 15) is 4.79 Å². The maximum absolute atomic E-state index is 12.4. The van der Waals surface area contributed by atoms with Crippen molar-refractivity contribution in [2.75, 3.05) is 32.1 Å². The minimum absolute atomic E-state index is 0.167. The molecular formula is C14H17N5O3. The summed E-state index contributed by atoms with van der Waals surface area (Å²) in [6.45, 7) is 3.10. The number of morpholine rings is 1. The van der Waals surface area contributed by atoms with E-state index in [4.69, 9.17) is 9.26 Å². The molecular weight excluding hydrogens is 286 g/mol. The van der Waals surface area contributed by atoms with Gasteiger partial charge >= 0.3 is 0 Å². The highest BCUT2D eigenvalue weighted by molar-refractivity contribution is 5.92. The summed E-state index contributed by atoms with van der Waals surface area (Å²) in [5, 5.41) is 6.76. The molecule has 1 fully saturated rings. The molecule has 1 atom stereocenters. The summed E-state index contributed by atoms with van der Waals surface area (Å²) in [5.74, 6) is 1.10. The monoisotopic (exact) mass is 303 g/mol. The van der Waals surface area contributed by atoms with Crippen molar-refractivity contribution < 1.29 is 14.1 Å². The van der Waals surface area contributed by atoms with E-state index in [1.807, 2.05) is 0 Å². The summed E-state index contributed by atoms with van der Waals surface area (Å²) < 4.78 is 10.7. The zero-order chi connectivity index (χ0) is 15.5. The van der Waals surface area contributed by atoms with Gasteiger partial charge in [-0.25, -0.2) is 4.98 Å². The third kappa shape index (κ3) is 2.77. The van der Waals surface area contributed by atoms with E-state index in [0.717, 1.165) is 0 Å². The number of rotatable bonds is 3. The largest absolute Gasteiger partial charge is 0.372 e. The molecule has 0 saturated carbocycles. The van der Waals surface area contributed by atoms with Gasteiger partial charge in [0.2, 0.25) is 0 Å². The zero-order valence-corrected chi connectivity index (χ0v) is 12.4. The predicted molar refractivity (Wildman–Crippen MR) is 77.4 cm³/mol. The van der Waals surface area contributed by atoms with Crippen molar-refractivity contribution in [2.24, 2.45) is 0 Å². The lowest BCUT2D eigenvalue weighted by Gasteiger charge is -2.32. The van der Waals surface area contributed by atoms with E-state index in [1.54, 1.807) is 37.3 Å². The molecule has 3 rings (SSSR count). The Bertz CT molecular complexity index is 672. The topological polar surface area (TPSA) is 93.4 Å². The van der Waals surface area contributed by atoms with Crippen LogP contribution in [0.15, 0.2) is 23.0 Å². The third-order valence-electron chi connectivity index (χ3n) is 3.47. The first-order valence-corrected chi connectivity index (χ1v) is 7.02. The number of aromatic nitrogens is 3. The number of amides is 1. The lowest BCUT2D eigenvalue weighted by Crippen LogP contribution is -2.42. The molecule has 1 N–H and O–H groups in total. The quantitative estimate of drug-likeness (QED) is 0.905.